The number of aromatic nitrogens is 3. The van der Waals surface area contributed by atoms with Gasteiger partial charge in [0.05, 0.1) is 18.8 Å². The zero-order chi connectivity index (χ0) is 15.3. The van der Waals surface area contributed by atoms with Crippen molar-refractivity contribution in [1.29, 1.82) is 0 Å². The highest BCUT2D eigenvalue weighted by Crippen LogP contribution is 2.23. The Kier molecular flexibility index (Phi) is 4.74. The van der Waals surface area contributed by atoms with E-state index in [-0.39, 0.29) is 17.9 Å². The van der Waals surface area contributed by atoms with Crippen LogP contribution in [0.15, 0.2) is 29.0 Å². The number of nitrogens with one attached hydrogen (secondary N) is 2. The molecule has 21 heavy (non-hydrogen) atoms. The molecule has 0 bridgehead atoms. The first kappa shape index (κ1) is 15.2. The maximum atomic E-state index is 11.7. The highest BCUT2D eigenvalue weighted by Gasteiger charge is 2.19. The van der Waals surface area contributed by atoms with Crippen molar-refractivity contribution in [2.24, 2.45) is 0 Å². The second kappa shape index (κ2) is 6.53. The van der Waals surface area contributed by atoms with Gasteiger partial charge >= 0.3 is 0 Å². The second-order valence-corrected chi connectivity index (χ2v) is 5.82. The van der Waals surface area contributed by atoms with Crippen LogP contribution in [0.4, 0.5) is 5.88 Å². The molecule has 0 aromatic carbocycles. The Morgan fingerprint density at radius 2 is 2.24 bits per heavy atom. The first-order valence-electron chi connectivity index (χ1n) is 6.90. The molecule has 0 atom stereocenters. The predicted molar refractivity (Wildman–Crippen MR) is 78.9 cm³/mol. The summed E-state index contributed by atoms with van der Waals surface area (Å²) >= 11 is 0. The van der Waals surface area contributed by atoms with Gasteiger partial charge in [0.2, 0.25) is 11.8 Å². The van der Waals surface area contributed by atoms with Gasteiger partial charge in [0, 0.05) is 30.4 Å². The molecule has 1 amide bonds. The Balaban J connectivity index is 1.70. The summed E-state index contributed by atoms with van der Waals surface area (Å²) < 4.78 is 6.91. The Bertz CT molecular complexity index is 568. The van der Waals surface area contributed by atoms with Gasteiger partial charge in [-0.25, -0.2) is 0 Å². The van der Waals surface area contributed by atoms with Gasteiger partial charge in [-0.15, -0.1) is 0 Å². The third kappa shape index (κ3) is 4.71. The van der Waals surface area contributed by atoms with E-state index in [0.717, 1.165) is 12.2 Å². The van der Waals surface area contributed by atoms with Crippen molar-refractivity contribution in [1.82, 2.24) is 20.3 Å². The van der Waals surface area contributed by atoms with E-state index in [1.165, 1.54) is 0 Å². The number of carbonyl (C=O) groups is 1. The lowest BCUT2D eigenvalue weighted by Gasteiger charge is -2.12. The molecule has 2 aromatic heterocycles. The third-order valence-corrected chi connectivity index (χ3v) is 2.90. The fourth-order valence-electron chi connectivity index (χ4n) is 1.70. The van der Waals surface area contributed by atoms with Crippen LogP contribution in [0.25, 0.3) is 0 Å². The number of amides is 1. The van der Waals surface area contributed by atoms with E-state index in [2.05, 4.69) is 20.9 Å². The van der Waals surface area contributed by atoms with E-state index in [1.807, 2.05) is 33.0 Å². The smallest absolute Gasteiger partial charge is 0.240 e. The number of anilines is 1. The first-order valence-corrected chi connectivity index (χ1v) is 6.90. The van der Waals surface area contributed by atoms with Crippen LogP contribution < -0.4 is 10.6 Å². The Morgan fingerprint density at radius 3 is 2.86 bits per heavy atom. The number of nitrogens with zero attached hydrogens (tertiary/aromatic N) is 3. The lowest BCUT2D eigenvalue weighted by molar-refractivity contribution is -0.115. The van der Waals surface area contributed by atoms with Crippen LogP contribution in [0.5, 0.6) is 0 Å². The average molecular weight is 291 g/mol. The molecule has 7 nitrogen and oxygen atoms in total. The van der Waals surface area contributed by atoms with Gasteiger partial charge in [0.15, 0.2) is 0 Å². The van der Waals surface area contributed by atoms with E-state index in [9.17, 15) is 4.79 Å². The van der Waals surface area contributed by atoms with Crippen molar-refractivity contribution in [2.75, 3.05) is 18.4 Å². The molecule has 2 rings (SSSR count). The highest BCUT2D eigenvalue weighted by molar-refractivity contribution is 5.90. The summed E-state index contributed by atoms with van der Waals surface area (Å²) in [5.41, 5.74) is 0.707. The van der Waals surface area contributed by atoms with Crippen molar-refractivity contribution in [3.05, 3.63) is 30.2 Å². The Morgan fingerprint density at radius 1 is 1.43 bits per heavy atom. The van der Waals surface area contributed by atoms with Crippen molar-refractivity contribution in [2.45, 2.75) is 32.7 Å². The maximum absolute atomic E-state index is 11.7. The fourth-order valence-corrected chi connectivity index (χ4v) is 1.70. The molecule has 0 aliphatic heterocycles. The zero-order valence-corrected chi connectivity index (χ0v) is 12.6. The zero-order valence-electron chi connectivity index (χ0n) is 12.6. The predicted octanol–water partition coefficient (Wildman–Crippen LogP) is 1.40. The second-order valence-electron chi connectivity index (χ2n) is 5.82. The summed E-state index contributed by atoms with van der Waals surface area (Å²) in [5, 5.41) is 13.7. The highest BCUT2D eigenvalue weighted by atomic mass is 16.5. The SMILES string of the molecule is CC(C)(C)c1cc(NC(=O)CNCCn2cccn2)on1. The van der Waals surface area contributed by atoms with Gasteiger partial charge in [-0.1, -0.05) is 25.9 Å². The first-order chi connectivity index (χ1) is 9.95. The van der Waals surface area contributed by atoms with Crippen molar-refractivity contribution >= 4 is 11.8 Å². The maximum Gasteiger partial charge on any atom is 0.240 e. The summed E-state index contributed by atoms with van der Waals surface area (Å²) in [6.07, 6.45) is 3.60. The van der Waals surface area contributed by atoms with Gasteiger partial charge in [-0.05, 0) is 6.07 Å². The molecule has 0 saturated heterocycles. The molecular formula is C14H21N5O2. The molecule has 114 valence electrons. The largest absolute Gasteiger partial charge is 0.338 e. The van der Waals surface area contributed by atoms with Crippen LogP contribution in [0.1, 0.15) is 26.5 Å². The van der Waals surface area contributed by atoms with E-state index in [0.29, 0.717) is 12.4 Å². The molecular weight excluding hydrogens is 270 g/mol. The standard InChI is InChI=1S/C14H21N5O2/c1-14(2,3)11-9-13(21-18-11)17-12(20)10-15-6-8-19-7-4-5-16-19/h4-5,7,9,15H,6,8,10H2,1-3H3,(H,17,20). The summed E-state index contributed by atoms with van der Waals surface area (Å²) in [6.45, 7) is 7.70. The van der Waals surface area contributed by atoms with E-state index >= 15 is 0 Å². The van der Waals surface area contributed by atoms with E-state index in [4.69, 9.17) is 4.52 Å². The third-order valence-electron chi connectivity index (χ3n) is 2.90. The molecule has 0 unspecified atom stereocenters. The summed E-state index contributed by atoms with van der Waals surface area (Å²) in [7, 11) is 0. The molecule has 2 aromatic rings. The lowest BCUT2D eigenvalue weighted by Crippen LogP contribution is -2.30. The van der Waals surface area contributed by atoms with Gasteiger partial charge in [0.1, 0.15) is 0 Å². The minimum atomic E-state index is -0.160. The van der Waals surface area contributed by atoms with Crippen molar-refractivity contribution in [3.8, 4) is 0 Å². The molecule has 0 aliphatic rings. The molecule has 2 N–H and O–H groups in total. The summed E-state index contributed by atoms with van der Waals surface area (Å²) in [4.78, 5) is 11.7. The molecule has 7 heteroatoms. The lowest BCUT2D eigenvalue weighted by atomic mass is 9.92. The molecule has 0 aliphatic carbocycles. The summed E-state index contributed by atoms with van der Waals surface area (Å²) in [5.74, 6) is 0.214. The normalized spacial score (nSPS) is 11.6. The van der Waals surface area contributed by atoms with E-state index < -0.39 is 0 Å². The van der Waals surface area contributed by atoms with Gasteiger partial charge in [0.25, 0.3) is 0 Å². The number of hydrogen-bond donors (Lipinski definition) is 2. The number of rotatable bonds is 6. The average Bonchev–Trinajstić information content (AvgIpc) is 3.04. The van der Waals surface area contributed by atoms with Crippen LogP contribution in [0.2, 0.25) is 0 Å². The van der Waals surface area contributed by atoms with Gasteiger partial charge in [-0.3, -0.25) is 14.8 Å². The van der Waals surface area contributed by atoms with Gasteiger partial charge < -0.3 is 9.84 Å². The Labute approximate surface area is 123 Å². The molecule has 0 saturated carbocycles. The van der Waals surface area contributed by atoms with Crippen molar-refractivity contribution < 1.29 is 9.32 Å². The summed E-state index contributed by atoms with van der Waals surface area (Å²) in [6, 6.07) is 3.62. The fraction of sp³-hybridized carbons (Fsp3) is 0.500. The number of carbonyl (C=O) groups excluding carboxylic acids is 1. The van der Waals surface area contributed by atoms with Crippen LogP contribution in [0.3, 0.4) is 0 Å². The monoisotopic (exact) mass is 291 g/mol. The van der Waals surface area contributed by atoms with Crippen molar-refractivity contribution in [3.63, 3.8) is 0 Å². The minimum absolute atomic E-state index is 0.103. The molecule has 0 fully saturated rings. The van der Waals surface area contributed by atoms with Crippen LogP contribution in [-0.2, 0) is 16.8 Å². The Hall–Kier alpha value is -2.15. The minimum Gasteiger partial charge on any atom is -0.338 e. The van der Waals surface area contributed by atoms with Gasteiger partial charge in [-0.2, -0.15) is 5.10 Å². The number of hydrogen-bond acceptors (Lipinski definition) is 5. The van der Waals surface area contributed by atoms with Crippen LogP contribution >= 0.6 is 0 Å². The molecule has 2 heterocycles. The molecule has 0 spiro atoms. The van der Waals surface area contributed by atoms with Crippen LogP contribution in [0, 0.1) is 0 Å². The quantitative estimate of drug-likeness (QED) is 0.786. The van der Waals surface area contributed by atoms with Crippen LogP contribution in [-0.4, -0.2) is 33.9 Å². The van der Waals surface area contributed by atoms with E-state index in [1.54, 1.807) is 16.9 Å². The topological polar surface area (TPSA) is 85.0 Å². The molecule has 0 radical (unpaired) electrons.